The Bertz CT molecular complexity index is 633. The summed E-state index contributed by atoms with van der Waals surface area (Å²) in [5.41, 5.74) is 1.20. The maximum Gasteiger partial charge on any atom is 0.353 e. The lowest BCUT2D eigenvalue weighted by Gasteiger charge is -2.44. The smallest absolute Gasteiger partial charge is 0.353 e. The number of aliphatic carboxylic acids is 1. The molecule has 4 N–H and O–H groups in total. The predicted molar refractivity (Wildman–Crippen MR) is 95.9 cm³/mol. The number of hydrogen-bond donors (Lipinski definition) is 4. The van der Waals surface area contributed by atoms with Gasteiger partial charge < -0.3 is 25.7 Å². The van der Waals surface area contributed by atoms with Gasteiger partial charge in [-0.2, -0.15) is 0 Å². The molecule has 0 aromatic heterocycles. The Morgan fingerprint density at radius 1 is 1.56 bits per heavy atom. The Kier molecular flexibility index (Phi) is 5.24. The van der Waals surface area contributed by atoms with Crippen LogP contribution < -0.4 is 10.6 Å². The molecule has 5 atom stereocenters. The molecule has 0 radical (unpaired) electrons. The van der Waals surface area contributed by atoms with Gasteiger partial charge >= 0.3 is 5.97 Å². The van der Waals surface area contributed by atoms with Crippen molar-refractivity contribution in [2.75, 3.05) is 20.1 Å². The molecule has 25 heavy (non-hydrogen) atoms. The second-order valence-corrected chi connectivity index (χ2v) is 8.34. The number of aliphatic hydroxyl groups is 1. The molecule has 2 saturated heterocycles. The highest BCUT2D eigenvalue weighted by atomic mass is 32.2. The van der Waals surface area contributed by atoms with Gasteiger partial charge in [-0.15, -0.1) is 11.8 Å². The summed E-state index contributed by atoms with van der Waals surface area (Å²) in [7, 11) is 1.88. The summed E-state index contributed by atoms with van der Waals surface area (Å²) >= 11 is 1.55. The Hall–Kier alpha value is -1.35. The number of carboxylic acids is 1. The number of carboxylic acid groups (broad SMARTS) is 1. The molecule has 1 amide bonds. The average Bonchev–Trinajstić information content (AvgIpc) is 3.10. The standard InChI is InChI=1S/C17H25N3O4S/c1-8(6-18-3)11-4-10(7-19-11)25-13-5-12-14(9(2)21)16(22)20(12)15(13)17(23)24/h9-12,14,18-19,21H,1,4-7H2,2-3H3,(H,23,24)/t9-,10+,11+,12-,14-/m1/s1. The topological polar surface area (TPSA) is 102 Å². The molecular formula is C17H25N3O4S. The van der Waals surface area contributed by atoms with Crippen molar-refractivity contribution in [3.63, 3.8) is 0 Å². The summed E-state index contributed by atoms with van der Waals surface area (Å²) in [6.45, 7) is 7.21. The molecule has 3 aliphatic rings. The Labute approximate surface area is 151 Å². The molecule has 7 nitrogen and oxygen atoms in total. The van der Waals surface area contributed by atoms with E-state index in [0.717, 1.165) is 30.0 Å². The van der Waals surface area contributed by atoms with Gasteiger partial charge in [0.15, 0.2) is 0 Å². The highest BCUT2D eigenvalue weighted by molar-refractivity contribution is 8.03. The Balaban J connectivity index is 1.69. The lowest BCUT2D eigenvalue weighted by atomic mass is 9.83. The first-order valence-electron chi connectivity index (χ1n) is 8.55. The zero-order chi connectivity index (χ0) is 18.3. The number of likely N-dealkylation sites (N-methyl/N-ethyl adjacent to an activating group) is 1. The highest BCUT2D eigenvalue weighted by Gasteiger charge is 2.57. The van der Waals surface area contributed by atoms with Gasteiger partial charge in [-0.1, -0.05) is 6.58 Å². The molecule has 3 aliphatic heterocycles. The van der Waals surface area contributed by atoms with E-state index in [2.05, 4.69) is 17.2 Å². The number of nitrogens with zero attached hydrogens (tertiary/aromatic N) is 1. The summed E-state index contributed by atoms with van der Waals surface area (Å²) in [4.78, 5) is 26.0. The molecule has 0 aromatic carbocycles. The molecule has 0 spiro atoms. The second-order valence-electron chi connectivity index (χ2n) is 6.95. The van der Waals surface area contributed by atoms with Gasteiger partial charge in [0.25, 0.3) is 0 Å². The predicted octanol–water partition coefficient (Wildman–Crippen LogP) is 0.133. The first kappa shape index (κ1) is 18.4. The van der Waals surface area contributed by atoms with E-state index in [1.807, 2.05) is 7.05 Å². The van der Waals surface area contributed by atoms with Crippen molar-refractivity contribution >= 4 is 23.6 Å². The Morgan fingerprint density at radius 3 is 2.88 bits per heavy atom. The van der Waals surface area contributed by atoms with Gasteiger partial charge in [0.1, 0.15) is 5.70 Å². The number of hydrogen-bond acceptors (Lipinski definition) is 6. The molecule has 2 fully saturated rings. The lowest BCUT2D eigenvalue weighted by molar-refractivity contribution is -0.161. The van der Waals surface area contributed by atoms with E-state index in [1.165, 1.54) is 4.90 Å². The third-order valence-electron chi connectivity index (χ3n) is 5.19. The van der Waals surface area contributed by atoms with Crippen LogP contribution in [-0.2, 0) is 9.59 Å². The number of thioether (sulfide) groups is 1. The van der Waals surface area contributed by atoms with Crippen LogP contribution in [0.2, 0.25) is 0 Å². The number of β-lactam (4-membered cyclic amide) rings is 1. The largest absolute Gasteiger partial charge is 0.477 e. The van der Waals surface area contributed by atoms with Crippen molar-refractivity contribution < 1.29 is 19.8 Å². The summed E-state index contributed by atoms with van der Waals surface area (Å²) in [5, 5.41) is 26.1. The van der Waals surface area contributed by atoms with Crippen LogP contribution in [0, 0.1) is 5.92 Å². The van der Waals surface area contributed by atoms with Crippen molar-refractivity contribution in [1.82, 2.24) is 15.5 Å². The van der Waals surface area contributed by atoms with Gasteiger partial charge in [-0.25, -0.2) is 4.79 Å². The summed E-state index contributed by atoms with van der Waals surface area (Å²) in [6, 6.07) is 0.00891. The van der Waals surface area contributed by atoms with Crippen LogP contribution in [0.3, 0.4) is 0 Å². The number of amides is 1. The normalized spacial score (nSPS) is 32.6. The highest BCUT2D eigenvalue weighted by Crippen LogP contribution is 2.48. The molecule has 0 bridgehead atoms. The molecule has 3 heterocycles. The maximum atomic E-state index is 12.2. The van der Waals surface area contributed by atoms with E-state index in [1.54, 1.807) is 18.7 Å². The van der Waals surface area contributed by atoms with Crippen LogP contribution in [0.1, 0.15) is 19.8 Å². The molecule has 3 rings (SSSR count). The fourth-order valence-corrected chi connectivity index (χ4v) is 5.43. The minimum atomic E-state index is -1.07. The van der Waals surface area contributed by atoms with Crippen molar-refractivity contribution in [2.45, 2.75) is 43.2 Å². The lowest BCUT2D eigenvalue weighted by Crippen LogP contribution is -2.61. The molecule has 0 aliphatic carbocycles. The molecule has 0 saturated carbocycles. The molecule has 8 heteroatoms. The first-order valence-corrected chi connectivity index (χ1v) is 9.43. The number of carbonyl (C=O) groups is 2. The minimum absolute atomic E-state index is 0.106. The van der Waals surface area contributed by atoms with E-state index >= 15 is 0 Å². The second kappa shape index (κ2) is 7.11. The summed E-state index contributed by atoms with van der Waals surface area (Å²) < 4.78 is 0. The number of rotatable bonds is 7. The monoisotopic (exact) mass is 367 g/mol. The minimum Gasteiger partial charge on any atom is -0.477 e. The third kappa shape index (κ3) is 3.23. The number of carbonyl (C=O) groups excluding carboxylic acids is 1. The maximum absolute atomic E-state index is 12.2. The van der Waals surface area contributed by atoms with Crippen molar-refractivity contribution in [1.29, 1.82) is 0 Å². The molecule has 138 valence electrons. The summed E-state index contributed by atoms with van der Waals surface area (Å²) in [6.07, 6.45) is 0.655. The molecule has 0 unspecified atom stereocenters. The van der Waals surface area contributed by atoms with E-state index in [4.69, 9.17) is 0 Å². The van der Waals surface area contributed by atoms with Gasteiger partial charge in [-0.3, -0.25) is 4.79 Å². The van der Waals surface area contributed by atoms with Gasteiger partial charge in [0, 0.05) is 35.7 Å². The molecule has 0 aromatic rings. The van der Waals surface area contributed by atoms with E-state index in [0.29, 0.717) is 6.42 Å². The zero-order valence-corrected chi connectivity index (χ0v) is 15.3. The fraction of sp³-hybridized carbons (Fsp3) is 0.647. The third-order valence-corrected chi connectivity index (χ3v) is 6.52. The molecular weight excluding hydrogens is 342 g/mol. The van der Waals surface area contributed by atoms with E-state index in [9.17, 15) is 19.8 Å². The fourth-order valence-electron chi connectivity index (χ4n) is 3.99. The van der Waals surface area contributed by atoms with Gasteiger partial charge in [0.05, 0.1) is 18.1 Å². The number of fused-ring (bicyclic) bond motifs is 1. The van der Waals surface area contributed by atoms with Crippen molar-refractivity contribution in [3.05, 3.63) is 22.8 Å². The number of aliphatic hydroxyl groups excluding tert-OH is 1. The van der Waals surface area contributed by atoms with Crippen LogP contribution in [0.5, 0.6) is 0 Å². The van der Waals surface area contributed by atoms with Crippen LogP contribution in [-0.4, -0.2) is 70.6 Å². The van der Waals surface area contributed by atoms with Crippen LogP contribution in [0.25, 0.3) is 0 Å². The van der Waals surface area contributed by atoms with Crippen LogP contribution in [0.15, 0.2) is 22.8 Å². The zero-order valence-electron chi connectivity index (χ0n) is 14.5. The van der Waals surface area contributed by atoms with Crippen molar-refractivity contribution in [2.24, 2.45) is 5.92 Å². The van der Waals surface area contributed by atoms with E-state index < -0.39 is 18.0 Å². The average molecular weight is 367 g/mol. The quantitative estimate of drug-likeness (QED) is 0.375. The Morgan fingerprint density at radius 2 is 2.28 bits per heavy atom. The van der Waals surface area contributed by atoms with Crippen LogP contribution >= 0.6 is 11.8 Å². The van der Waals surface area contributed by atoms with Crippen LogP contribution in [0.4, 0.5) is 0 Å². The number of nitrogens with one attached hydrogen (secondary N) is 2. The van der Waals surface area contributed by atoms with Crippen molar-refractivity contribution in [3.8, 4) is 0 Å². The van der Waals surface area contributed by atoms with Gasteiger partial charge in [-0.05, 0) is 26.0 Å². The summed E-state index contributed by atoms with van der Waals surface area (Å²) in [5.74, 6) is -1.83. The van der Waals surface area contributed by atoms with Gasteiger partial charge in [0.2, 0.25) is 5.91 Å². The SMILES string of the molecule is C=C(CNC)[C@@H]1C[C@H](SC2=C(C(=O)O)N3C(=O)[C@H]([C@@H](C)O)[C@H]3C2)CN1. The first-order chi connectivity index (χ1) is 11.8. The van der Waals surface area contributed by atoms with E-state index in [-0.39, 0.29) is 28.9 Å².